The van der Waals surface area contributed by atoms with Crippen molar-refractivity contribution in [1.29, 1.82) is 0 Å². The Balaban J connectivity index is 1.76. The van der Waals surface area contributed by atoms with Crippen LogP contribution in [0.5, 0.6) is 0 Å². The molecule has 0 saturated carbocycles. The van der Waals surface area contributed by atoms with Gasteiger partial charge < -0.3 is 15.4 Å². The van der Waals surface area contributed by atoms with Crippen LogP contribution in [-0.4, -0.2) is 36.7 Å². The fourth-order valence-electron chi connectivity index (χ4n) is 2.23. The van der Waals surface area contributed by atoms with Crippen LogP contribution in [0.2, 0.25) is 0 Å². The molecule has 0 radical (unpaired) electrons. The van der Waals surface area contributed by atoms with Crippen molar-refractivity contribution in [2.75, 3.05) is 25.0 Å². The molecule has 0 spiro atoms. The van der Waals surface area contributed by atoms with E-state index in [-0.39, 0.29) is 5.91 Å². The largest absolute Gasteiger partial charge is 0.381 e. The van der Waals surface area contributed by atoms with Crippen molar-refractivity contribution < 1.29 is 9.53 Å². The predicted octanol–water partition coefficient (Wildman–Crippen LogP) is 2.45. The summed E-state index contributed by atoms with van der Waals surface area (Å²) in [4.78, 5) is 16.1. The first-order valence-electron chi connectivity index (χ1n) is 7.75. The zero-order valence-electron chi connectivity index (χ0n) is 12.9. The average Bonchev–Trinajstić information content (AvgIpc) is 2.98. The van der Waals surface area contributed by atoms with Crippen molar-refractivity contribution in [3.63, 3.8) is 0 Å². The zero-order chi connectivity index (χ0) is 15.1. The van der Waals surface area contributed by atoms with Crippen LogP contribution in [0.4, 0.5) is 5.69 Å². The van der Waals surface area contributed by atoms with E-state index in [1.165, 1.54) is 0 Å². The average molecular weight is 291 g/mol. The van der Waals surface area contributed by atoms with Gasteiger partial charge in [0.15, 0.2) is 0 Å². The highest BCUT2D eigenvalue weighted by molar-refractivity contribution is 5.92. The maximum absolute atomic E-state index is 11.9. The molecule has 116 valence electrons. The summed E-state index contributed by atoms with van der Waals surface area (Å²) in [6.07, 6.45) is 5.22. The lowest BCUT2D eigenvalue weighted by Crippen LogP contribution is -2.26. The Morgan fingerprint density at radius 1 is 1.48 bits per heavy atom. The number of amides is 1. The number of carbonyl (C=O) groups is 1. The number of aromatic nitrogens is 1. The molecule has 2 N–H and O–H groups in total. The van der Waals surface area contributed by atoms with E-state index >= 15 is 0 Å². The van der Waals surface area contributed by atoms with Crippen LogP contribution in [0.15, 0.2) is 18.3 Å². The lowest BCUT2D eigenvalue weighted by atomic mass is 10.1. The number of nitrogens with one attached hydrogen (secondary N) is 2. The van der Waals surface area contributed by atoms with Gasteiger partial charge in [-0.25, -0.2) is 4.98 Å². The van der Waals surface area contributed by atoms with Crippen molar-refractivity contribution in [2.45, 2.75) is 39.2 Å². The first-order valence-corrected chi connectivity index (χ1v) is 7.75. The van der Waals surface area contributed by atoms with Gasteiger partial charge in [0.2, 0.25) is 0 Å². The number of ether oxygens (including phenoxy) is 1. The molecule has 5 nitrogen and oxygen atoms in total. The normalized spacial score (nSPS) is 18.0. The highest BCUT2D eigenvalue weighted by Gasteiger charge is 2.15. The lowest BCUT2D eigenvalue weighted by molar-refractivity contribution is 0.0947. The molecular weight excluding hydrogens is 266 g/mol. The SMILES string of the molecule is CC(C)CCNC(=O)c1ccc(NCC2CCCO2)cn1. The molecule has 2 heterocycles. The summed E-state index contributed by atoms with van der Waals surface area (Å²) in [5.41, 5.74) is 1.38. The van der Waals surface area contributed by atoms with E-state index in [2.05, 4.69) is 29.5 Å². The van der Waals surface area contributed by atoms with Gasteiger partial charge in [-0.15, -0.1) is 0 Å². The molecule has 2 rings (SSSR count). The van der Waals surface area contributed by atoms with Crippen LogP contribution in [-0.2, 0) is 4.74 Å². The Labute approximate surface area is 126 Å². The second-order valence-electron chi connectivity index (χ2n) is 5.89. The fraction of sp³-hybridized carbons (Fsp3) is 0.625. The number of hydrogen-bond donors (Lipinski definition) is 2. The van der Waals surface area contributed by atoms with Crippen LogP contribution >= 0.6 is 0 Å². The molecule has 1 atom stereocenters. The summed E-state index contributed by atoms with van der Waals surface area (Å²) in [5, 5.41) is 6.18. The van der Waals surface area contributed by atoms with Crippen LogP contribution in [0.25, 0.3) is 0 Å². The first kappa shape index (κ1) is 15.8. The molecular formula is C16H25N3O2. The van der Waals surface area contributed by atoms with Crippen molar-refractivity contribution in [3.8, 4) is 0 Å². The van der Waals surface area contributed by atoms with Gasteiger partial charge in [0, 0.05) is 19.7 Å². The quantitative estimate of drug-likeness (QED) is 0.810. The third kappa shape index (κ3) is 5.34. The first-order chi connectivity index (χ1) is 10.1. The summed E-state index contributed by atoms with van der Waals surface area (Å²) < 4.78 is 5.55. The molecule has 0 aromatic carbocycles. The topological polar surface area (TPSA) is 63.2 Å². The van der Waals surface area contributed by atoms with E-state index in [0.717, 1.165) is 38.1 Å². The lowest BCUT2D eigenvalue weighted by Gasteiger charge is -2.12. The molecule has 1 saturated heterocycles. The van der Waals surface area contributed by atoms with Gasteiger partial charge in [-0.2, -0.15) is 0 Å². The Bertz CT molecular complexity index is 439. The van der Waals surface area contributed by atoms with Crippen molar-refractivity contribution in [2.24, 2.45) is 5.92 Å². The van der Waals surface area contributed by atoms with Crippen molar-refractivity contribution >= 4 is 11.6 Å². The van der Waals surface area contributed by atoms with E-state index in [1.54, 1.807) is 12.3 Å². The molecule has 0 bridgehead atoms. The van der Waals surface area contributed by atoms with Crippen molar-refractivity contribution in [3.05, 3.63) is 24.0 Å². The molecule has 1 aromatic heterocycles. The minimum atomic E-state index is -0.110. The Morgan fingerprint density at radius 2 is 2.33 bits per heavy atom. The van der Waals surface area contributed by atoms with Gasteiger partial charge in [-0.1, -0.05) is 13.8 Å². The van der Waals surface area contributed by atoms with Crippen LogP contribution in [0.3, 0.4) is 0 Å². The van der Waals surface area contributed by atoms with Gasteiger partial charge in [-0.3, -0.25) is 4.79 Å². The Morgan fingerprint density at radius 3 is 2.95 bits per heavy atom. The Kier molecular flexibility index (Phi) is 5.99. The van der Waals surface area contributed by atoms with E-state index in [1.807, 2.05) is 6.07 Å². The van der Waals surface area contributed by atoms with Crippen molar-refractivity contribution in [1.82, 2.24) is 10.3 Å². The van der Waals surface area contributed by atoms with Gasteiger partial charge in [0.05, 0.1) is 18.0 Å². The van der Waals surface area contributed by atoms with E-state index in [9.17, 15) is 4.79 Å². The summed E-state index contributed by atoms with van der Waals surface area (Å²) in [7, 11) is 0. The van der Waals surface area contributed by atoms with Gasteiger partial charge >= 0.3 is 0 Å². The van der Waals surface area contributed by atoms with E-state index in [0.29, 0.717) is 24.3 Å². The number of pyridine rings is 1. The van der Waals surface area contributed by atoms with Crippen LogP contribution in [0.1, 0.15) is 43.6 Å². The minimum absolute atomic E-state index is 0.110. The monoisotopic (exact) mass is 291 g/mol. The standard InChI is InChI=1S/C16H25N3O2/c1-12(2)7-8-17-16(20)15-6-5-13(10-19-15)18-11-14-4-3-9-21-14/h5-6,10,12,14,18H,3-4,7-9,11H2,1-2H3,(H,17,20). The summed E-state index contributed by atoms with van der Waals surface area (Å²) in [5.74, 6) is 0.476. The fourth-order valence-corrected chi connectivity index (χ4v) is 2.23. The molecule has 1 aliphatic rings. The summed E-state index contributed by atoms with van der Waals surface area (Å²) >= 11 is 0. The zero-order valence-corrected chi connectivity index (χ0v) is 12.9. The summed E-state index contributed by atoms with van der Waals surface area (Å²) in [6.45, 7) is 6.62. The number of carbonyl (C=O) groups excluding carboxylic acids is 1. The summed E-state index contributed by atoms with van der Waals surface area (Å²) in [6, 6.07) is 3.64. The van der Waals surface area contributed by atoms with Gasteiger partial charge in [0.1, 0.15) is 5.69 Å². The highest BCUT2D eigenvalue weighted by atomic mass is 16.5. The smallest absolute Gasteiger partial charge is 0.269 e. The second kappa shape index (κ2) is 7.98. The third-order valence-electron chi connectivity index (χ3n) is 3.56. The van der Waals surface area contributed by atoms with E-state index < -0.39 is 0 Å². The molecule has 21 heavy (non-hydrogen) atoms. The predicted molar refractivity (Wildman–Crippen MR) is 83.5 cm³/mol. The number of anilines is 1. The molecule has 1 fully saturated rings. The molecule has 1 amide bonds. The molecule has 1 aliphatic heterocycles. The molecule has 1 unspecified atom stereocenters. The second-order valence-corrected chi connectivity index (χ2v) is 5.89. The van der Waals surface area contributed by atoms with Gasteiger partial charge in [0.25, 0.3) is 5.91 Å². The van der Waals surface area contributed by atoms with Gasteiger partial charge in [-0.05, 0) is 37.3 Å². The van der Waals surface area contributed by atoms with Crippen LogP contribution in [0, 0.1) is 5.92 Å². The van der Waals surface area contributed by atoms with E-state index in [4.69, 9.17) is 4.74 Å². The number of rotatable bonds is 7. The Hall–Kier alpha value is -1.62. The minimum Gasteiger partial charge on any atom is -0.381 e. The number of hydrogen-bond acceptors (Lipinski definition) is 4. The van der Waals surface area contributed by atoms with Crippen LogP contribution < -0.4 is 10.6 Å². The molecule has 0 aliphatic carbocycles. The molecule has 5 heteroatoms. The number of nitrogens with zero attached hydrogens (tertiary/aromatic N) is 1. The third-order valence-corrected chi connectivity index (χ3v) is 3.56. The maximum Gasteiger partial charge on any atom is 0.269 e. The highest BCUT2D eigenvalue weighted by Crippen LogP contribution is 2.13. The maximum atomic E-state index is 11.9. The molecule has 1 aromatic rings.